The number of hydrogen-bond donors (Lipinski definition) is 1. The monoisotopic (exact) mass is 284 g/mol. The molecule has 0 bridgehead atoms. The number of hydrogen-bond acceptors (Lipinski definition) is 3. The van der Waals surface area contributed by atoms with E-state index in [-0.39, 0.29) is 11.6 Å². The highest BCUT2D eigenvalue weighted by Crippen LogP contribution is 2.43. The van der Waals surface area contributed by atoms with Crippen molar-refractivity contribution in [3.8, 4) is 0 Å². The van der Waals surface area contributed by atoms with E-state index in [0.29, 0.717) is 0 Å². The number of fused-ring (bicyclic) bond motifs is 1. The van der Waals surface area contributed by atoms with Gasteiger partial charge in [0.2, 0.25) is 0 Å². The third kappa shape index (κ3) is 2.56. The Morgan fingerprint density at radius 2 is 2.00 bits per heavy atom. The summed E-state index contributed by atoms with van der Waals surface area (Å²) in [6.45, 7) is 3.09. The van der Waals surface area contributed by atoms with Crippen molar-refractivity contribution in [2.24, 2.45) is 0 Å². The highest BCUT2D eigenvalue weighted by atomic mass is 16.5. The largest absolute Gasteiger partial charge is 0.376 e. The molecule has 1 heterocycles. The smallest absolute Gasteiger partial charge is 0.0873 e. The van der Waals surface area contributed by atoms with Gasteiger partial charge >= 0.3 is 0 Å². The van der Waals surface area contributed by atoms with Gasteiger partial charge in [-0.05, 0) is 31.0 Å². The summed E-state index contributed by atoms with van der Waals surface area (Å²) in [7, 11) is 1.86. The number of ether oxygens (including phenoxy) is 1. The molecule has 1 N–H and O–H groups in total. The predicted octanol–water partition coefficient (Wildman–Crippen LogP) is 3.84. The Morgan fingerprint density at radius 1 is 1.24 bits per heavy atom. The van der Waals surface area contributed by atoms with Crippen molar-refractivity contribution in [1.82, 2.24) is 10.3 Å². The van der Waals surface area contributed by atoms with Crippen molar-refractivity contribution in [2.45, 2.75) is 44.2 Å². The van der Waals surface area contributed by atoms with Crippen molar-refractivity contribution in [3.63, 3.8) is 0 Å². The SMILES string of the molecule is CCNC(c1cccc2cccnc12)C1(OC)CCCC1. The number of para-hydroxylation sites is 1. The van der Waals surface area contributed by atoms with Crippen LogP contribution in [0.2, 0.25) is 0 Å². The molecule has 0 spiro atoms. The lowest BCUT2D eigenvalue weighted by Gasteiger charge is -2.37. The van der Waals surface area contributed by atoms with E-state index in [4.69, 9.17) is 4.74 Å². The van der Waals surface area contributed by atoms with E-state index in [9.17, 15) is 0 Å². The summed E-state index contributed by atoms with van der Waals surface area (Å²) < 4.78 is 6.03. The molecule has 1 aromatic heterocycles. The van der Waals surface area contributed by atoms with Crippen molar-refractivity contribution >= 4 is 10.9 Å². The van der Waals surface area contributed by atoms with Crippen molar-refractivity contribution < 1.29 is 4.74 Å². The van der Waals surface area contributed by atoms with Crippen LogP contribution in [0.3, 0.4) is 0 Å². The van der Waals surface area contributed by atoms with Gasteiger partial charge < -0.3 is 10.1 Å². The van der Waals surface area contributed by atoms with Crippen LogP contribution in [0.4, 0.5) is 0 Å². The molecule has 0 radical (unpaired) electrons. The molecule has 21 heavy (non-hydrogen) atoms. The summed E-state index contributed by atoms with van der Waals surface area (Å²) >= 11 is 0. The zero-order valence-electron chi connectivity index (χ0n) is 12.9. The van der Waals surface area contributed by atoms with Gasteiger partial charge in [0.05, 0.1) is 17.2 Å². The average Bonchev–Trinajstić information content (AvgIpc) is 3.02. The quantitative estimate of drug-likeness (QED) is 0.905. The Bertz CT molecular complexity index is 600. The third-order valence-corrected chi connectivity index (χ3v) is 4.77. The fraction of sp³-hybridized carbons (Fsp3) is 0.500. The zero-order valence-corrected chi connectivity index (χ0v) is 12.9. The first-order valence-corrected chi connectivity index (χ1v) is 7.93. The van der Waals surface area contributed by atoms with Crippen LogP contribution < -0.4 is 5.32 Å². The van der Waals surface area contributed by atoms with Crippen LogP contribution in [-0.2, 0) is 4.74 Å². The maximum Gasteiger partial charge on any atom is 0.0873 e. The Labute approximate surface area is 126 Å². The number of rotatable bonds is 5. The van der Waals surface area contributed by atoms with Gasteiger partial charge in [0, 0.05) is 18.7 Å². The molecule has 112 valence electrons. The fourth-order valence-electron chi connectivity index (χ4n) is 3.73. The second-order valence-electron chi connectivity index (χ2n) is 5.89. The van der Waals surface area contributed by atoms with Gasteiger partial charge in [-0.1, -0.05) is 44.0 Å². The van der Waals surface area contributed by atoms with E-state index in [1.54, 1.807) is 0 Å². The molecule has 0 aliphatic heterocycles. The molecule has 1 aromatic carbocycles. The van der Waals surface area contributed by atoms with E-state index in [1.807, 2.05) is 19.4 Å². The summed E-state index contributed by atoms with van der Waals surface area (Å²) in [6.07, 6.45) is 6.60. The molecule has 1 atom stereocenters. The first kappa shape index (κ1) is 14.5. The minimum atomic E-state index is -0.0954. The summed E-state index contributed by atoms with van der Waals surface area (Å²) in [5.74, 6) is 0. The van der Waals surface area contributed by atoms with Gasteiger partial charge in [-0.15, -0.1) is 0 Å². The molecule has 0 amide bonds. The van der Waals surface area contributed by atoms with E-state index in [0.717, 1.165) is 24.9 Å². The van der Waals surface area contributed by atoms with Gasteiger partial charge in [-0.3, -0.25) is 4.98 Å². The summed E-state index contributed by atoms with van der Waals surface area (Å²) in [4.78, 5) is 4.63. The lowest BCUT2D eigenvalue weighted by Crippen LogP contribution is -2.43. The van der Waals surface area contributed by atoms with Gasteiger partial charge in [0.25, 0.3) is 0 Å². The third-order valence-electron chi connectivity index (χ3n) is 4.77. The van der Waals surface area contributed by atoms with E-state index in [2.05, 4.69) is 41.5 Å². The molecule has 1 aliphatic rings. The van der Waals surface area contributed by atoms with Crippen LogP contribution in [0.25, 0.3) is 10.9 Å². The number of methoxy groups -OCH3 is 1. The summed E-state index contributed by atoms with van der Waals surface area (Å²) in [5, 5.41) is 4.86. The topological polar surface area (TPSA) is 34.2 Å². The van der Waals surface area contributed by atoms with Crippen LogP contribution in [-0.4, -0.2) is 24.2 Å². The van der Waals surface area contributed by atoms with Crippen molar-refractivity contribution in [3.05, 3.63) is 42.1 Å². The number of nitrogens with zero attached hydrogens (tertiary/aromatic N) is 1. The van der Waals surface area contributed by atoms with Gasteiger partial charge in [-0.2, -0.15) is 0 Å². The minimum Gasteiger partial charge on any atom is -0.376 e. The number of likely N-dealkylation sites (N-methyl/N-ethyl adjacent to an activating group) is 1. The van der Waals surface area contributed by atoms with Crippen molar-refractivity contribution in [1.29, 1.82) is 0 Å². The average molecular weight is 284 g/mol. The number of pyridine rings is 1. The molecule has 1 unspecified atom stereocenters. The molecule has 3 rings (SSSR count). The highest BCUT2D eigenvalue weighted by Gasteiger charge is 2.42. The second kappa shape index (κ2) is 6.12. The second-order valence-corrected chi connectivity index (χ2v) is 5.89. The lowest BCUT2D eigenvalue weighted by molar-refractivity contribution is -0.0360. The van der Waals surface area contributed by atoms with Crippen LogP contribution >= 0.6 is 0 Å². The molecule has 1 fully saturated rings. The number of benzene rings is 1. The molecule has 1 saturated carbocycles. The first-order valence-electron chi connectivity index (χ1n) is 7.93. The van der Waals surface area contributed by atoms with E-state index < -0.39 is 0 Å². The van der Waals surface area contributed by atoms with Crippen LogP contribution in [0, 0.1) is 0 Å². The first-order chi connectivity index (χ1) is 10.3. The molecule has 0 saturated heterocycles. The van der Waals surface area contributed by atoms with Crippen LogP contribution in [0.5, 0.6) is 0 Å². The molecule has 1 aliphatic carbocycles. The normalized spacial score (nSPS) is 19.0. The molecule has 2 aromatic rings. The van der Waals surface area contributed by atoms with Crippen molar-refractivity contribution in [2.75, 3.05) is 13.7 Å². The zero-order chi connectivity index (χ0) is 14.7. The van der Waals surface area contributed by atoms with E-state index in [1.165, 1.54) is 23.8 Å². The Balaban J connectivity index is 2.11. The molecular formula is C18H24N2O. The maximum absolute atomic E-state index is 6.03. The van der Waals surface area contributed by atoms with Crippen LogP contribution in [0.15, 0.2) is 36.5 Å². The standard InChI is InChI=1S/C18H24N2O/c1-3-19-17(18(21-2)11-4-5-12-18)15-10-6-8-14-9-7-13-20-16(14)15/h6-10,13,17,19H,3-5,11-12H2,1-2H3. The van der Waals surface area contributed by atoms with Gasteiger partial charge in [0.15, 0.2) is 0 Å². The molecule has 3 heteroatoms. The highest BCUT2D eigenvalue weighted by molar-refractivity contribution is 5.82. The fourth-order valence-corrected chi connectivity index (χ4v) is 3.73. The Kier molecular flexibility index (Phi) is 4.22. The summed E-state index contributed by atoms with van der Waals surface area (Å²) in [5.41, 5.74) is 2.26. The predicted molar refractivity (Wildman–Crippen MR) is 86.4 cm³/mol. The molecular weight excluding hydrogens is 260 g/mol. The van der Waals surface area contributed by atoms with Crippen LogP contribution in [0.1, 0.15) is 44.2 Å². The minimum absolute atomic E-state index is 0.0954. The van der Waals surface area contributed by atoms with Gasteiger partial charge in [0.1, 0.15) is 0 Å². The maximum atomic E-state index is 6.03. The Morgan fingerprint density at radius 3 is 2.71 bits per heavy atom. The number of aromatic nitrogens is 1. The Hall–Kier alpha value is -1.45. The van der Waals surface area contributed by atoms with E-state index >= 15 is 0 Å². The molecule has 3 nitrogen and oxygen atoms in total. The van der Waals surface area contributed by atoms with Gasteiger partial charge in [-0.25, -0.2) is 0 Å². The summed E-state index contributed by atoms with van der Waals surface area (Å²) in [6, 6.07) is 10.8. The number of nitrogens with one attached hydrogen (secondary N) is 1. The lowest BCUT2D eigenvalue weighted by atomic mass is 9.85.